The zero-order chi connectivity index (χ0) is 19.2. The topological polar surface area (TPSA) is 72.9 Å². The first-order valence-corrected chi connectivity index (χ1v) is 8.77. The van der Waals surface area contributed by atoms with Crippen LogP contribution in [0.5, 0.6) is 0 Å². The fourth-order valence-electron chi connectivity index (χ4n) is 3.00. The van der Waals surface area contributed by atoms with Crippen LogP contribution < -0.4 is 0 Å². The molecule has 27 heavy (non-hydrogen) atoms. The van der Waals surface area contributed by atoms with Gasteiger partial charge in [-0.1, -0.05) is 54.6 Å². The fourth-order valence-corrected chi connectivity index (χ4v) is 3.00. The van der Waals surface area contributed by atoms with E-state index in [1.165, 1.54) is 11.8 Å². The lowest BCUT2D eigenvalue weighted by Crippen LogP contribution is -2.41. The molecule has 0 saturated carbocycles. The number of hydrogen-bond acceptors (Lipinski definition) is 5. The van der Waals surface area contributed by atoms with E-state index in [0.717, 1.165) is 16.7 Å². The molecule has 0 aliphatic carbocycles. The highest BCUT2D eigenvalue weighted by Gasteiger charge is 2.37. The third-order valence-electron chi connectivity index (χ3n) is 4.36. The summed E-state index contributed by atoms with van der Waals surface area (Å²) in [5.74, 6) is -0.627. The van der Waals surface area contributed by atoms with Gasteiger partial charge in [0.25, 0.3) is 0 Å². The number of benzene rings is 2. The zero-order valence-corrected chi connectivity index (χ0v) is 15.1. The van der Waals surface area contributed by atoms with Gasteiger partial charge >= 0.3 is 12.1 Å². The van der Waals surface area contributed by atoms with Crippen LogP contribution in [0.1, 0.15) is 23.6 Å². The van der Waals surface area contributed by atoms with Crippen molar-refractivity contribution in [3.8, 4) is 0 Å². The Morgan fingerprint density at radius 3 is 2.37 bits per heavy atom. The molecule has 6 nitrogen and oxygen atoms in total. The van der Waals surface area contributed by atoms with Crippen LogP contribution in [0.25, 0.3) is 0 Å². The molecule has 0 aromatic heterocycles. The fraction of sp³-hybridized carbons (Fsp3) is 0.286. The normalized spacial score (nSPS) is 16.1. The number of carbonyl (C=O) groups excluding carboxylic acids is 3. The second kappa shape index (κ2) is 8.49. The quantitative estimate of drug-likeness (QED) is 0.734. The van der Waals surface area contributed by atoms with Crippen molar-refractivity contribution in [2.24, 2.45) is 0 Å². The van der Waals surface area contributed by atoms with E-state index in [0.29, 0.717) is 6.42 Å². The predicted octanol–water partition coefficient (Wildman–Crippen LogP) is 2.88. The average Bonchev–Trinajstić information content (AvgIpc) is 3.02. The molecule has 1 heterocycles. The molecule has 3 rings (SSSR count). The van der Waals surface area contributed by atoms with E-state index in [1.54, 1.807) is 24.3 Å². The molecule has 2 amide bonds. The van der Waals surface area contributed by atoms with Crippen molar-refractivity contribution in [3.05, 3.63) is 71.3 Å². The molecule has 6 heteroatoms. The van der Waals surface area contributed by atoms with Crippen molar-refractivity contribution in [2.75, 3.05) is 6.61 Å². The average molecular weight is 367 g/mol. The second-order valence-electron chi connectivity index (χ2n) is 6.46. The molecule has 2 aromatic rings. The summed E-state index contributed by atoms with van der Waals surface area (Å²) in [5, 5.41) is 0. The summed E-state index contributed by atoms with van der Waals surface area (Å²) < 4.78 is 10.0. The second-order valence-corrected chi connectivity index (χ2v) is 6.46. The zero-order valence-electron chi connectivity index (χ0n) is 15.1. The molecule has 0 N–H and O–H groups in total. The number of cyclic esters (lactones) is 1. The van der Waals surface area contributed by atoms with E-state index < -0.39 is 6.09 Å². The van der Waals surface area contributed by atoms with Crippen LogP contribution in [-0.4, -0.2) is 35.5 Å². The number of ether oxygens (including phenoxy) is 2. The first kappa shape index (κ1) is 18.6. The molecular weight excluding hydrogens is 346 g/mol. The van der Waals surface area contributed by atoms with Gasteiger partial charge in [-0.15, -0.1) is 0 Å². The molecule has 0 unspecified atom stereocenters. The lowest BCUT2D eigenvalue weighted by molar-refractivity contribution is -0.142. The van der Waals surface area contributed by atoms with Crippen LogP contribution in [0, 0.1) is 0 Å². The molecule has 2 aromatic carbocycles. The van der Waals surface area contributed by atoms with E-state index in [2.05, 4.69) is 0 Å². The Balaban J connectivity index is 1.63. The van der Waals surface area contributed by atoms with E-state index in [9.17, 15) is 14.4 Å². The van der Waals surface area contributed by atoms with Crippen LogP contribution in [0.4, 0.5) is 4.79 Å². The Morgan fingerprint density at radius 2 is 1.70 bits per heavy atom. The Labute approximate surface area is 157 Å². The van der Waals surface area contributed by atoms with Crippen molar-refractivity contribution in [3.63, 3.8) is 0 Å². The first-order valence-electron chi connectivity index (χ1n) is 8.77. The van der Waals surface area contributed by atoms with Gasteiger partial charge in [-0.05, 0) is 23.1 Å². The summed E-state index contributed by atoms with van der Waals surface area (Å²) in [5.41, 5.74) is 2.67. The number of amides is 2. The van der Waals surface area contributed by atoms with E-state index in [1.807, 2.05) is 30.3 Å². The first-order chi connectivity index (χ1) is 13.0. The highest BCUT2D eigenvalue weighted by Crippen LogP contribution is 2.19. The minimum Gasteiger partial charge on any atom is -0.461 e. The number of rotatable bonds is 6. The molecular formula is C21H21NO5. The maximum Gasteiger partial charge on any atom is 0.416 e. The highest BCUT2D eigenvalue weighted by atomic mass is 16.6. The van der Waals surface area contributed by atoms with Gasteiger partial charge in [0.1, 0.15) is 13.2 Å². The minimum absolute atomic E-state index is 0.105. The van der Waals surface area contributed by atoms with E-state index in [4.69, 9.17) is 9.47 Å². The Morgan fingerprint density at radius 1 is 1.04 bits per heavy atom. The van der Waals surface area contributed by atoms with Gasteiger partial charge in [-0.2, -0.15) is 0 Å². The van der Waals surface area contributed by atoms with Gasteiger partial charge in [0, 0.05) is 6.92 Å². The molecule has 1 saturated heterocycles. The van der Waals surface area contributed by atoms with Crippen molar-refractivity contribution in [1.29, 1.82) is 0 Å². The molecule has 1 aliphatic rings. The predicted molar refractivity (Wildman–Crippen MR) is 97.7 cm³/mol. The van der Waals surface area contributed by atoms with Gasteiger partial charge in [0.2, 0.25) is 5.91 Å². The number of nitrogens with zero attached hydrogens (tertiary/aromatic N) is 1. The number of carbonyl (C=O) groups is 3. The number of esters is 1. The van der Waals surface area contributed by atoms with Crippen molar-refractivity contribution in [1.82, 2.24) is 4.90 Å². The summed E-state index contributed by atoms with van der Waals surface area (Å²) in [6, 6.07) is 16.6. The van der Waals surface area contributed by atoms with Gasteiger partial charge in [0.05, 0.1) is 12.5 Å². The summed E-state index contributed by atoms with van der Waals surface area (Å²) in [6.07, 6.45) is 0.0841. The van der Waals surface area contributed by atoms with Crippen LogP contribution in [0.2, 0.25) is 0 Å². The van der Waals surface area contributed by atoms with Crippen LogP contribution in [0.15, 0.2) is 54.6 Å². The number of hydrogen-bond donors (Lipinski definition) is 0. The molecule has 0 radical (unpaired) electrons. The molecule has 0 spiro atoms. The van der Waals surface area contributed by atoms with Crippen LogP contribution in [-0.2, 0) is 38.5 Å². The minimum atomic E-state index is -0.590. The van der Waals surface area contributed by atoms with Crippen molar-refractivity contribution < 1.29 is 23.9 Å². The standard InChI is InChI=1S/C21H21NO5/c1-15(23)26-13-18-9-7-17(8-10-18)12-20(24)22-19(14-27-21(22)25)11-16-5-3-2-4-6-16/h2-10,19H,11-14H2,1H3/t19-/m1/s1. The summed E-state index contributed by atoms with van der Waals surface area (Å²) in [7, 11) is 0. The molecule has 0 bridgehead atoms. The molecule has 1 aliphatic heterocycles. The van der Waals surface area contributed by atoms with Gasteiger partial charge in [-0.25, -0.2) is 9.69 Å². The van der Waals surface area contributed by atoms with Crippen LogP contribution in [0.3, 0.4) is 0 Å². The highest BCUT2D eigenvalue weighted by molar-refractivity contribution is 5.94. The Hall–Kier alpha value is -3.15. The largest absolute Gasteiger partial charge is 0.461 e. The van der Waals surface area contributed by atoms with E-state index >= 15 is 0 Å². The van der Waals surface area contributed by atoms with Gasteiger partial charge < -0.3 is 9.47 Å². The summed E-state index contributed by atoms with van der Waals surface area (Å²) in [4.78, 5) is 36.8. The Bertz CT molecular complexity index is 816. The van der Waals surface area contributed by atoms with Crippen molar-refractivity contribution in [2.45, 2.75) is 32.4 Å². The third-order valence-corrected chi connectivity index (χ3v) is 4.36. The lowest BCUT2D eigenvalue weighted by Gasteiger charge is -2.19. The SMILES string of the molecule is CC(=O)OCc1ccc(CC(=O)N2C(=O)OC[C@H]2Cc2ccccc2)cc1. The maximum absolute atomic E-state index is 12.7. The Kier molecular flexibility index (Phi) is 5.86. The van der Waals surface area contributed by atoms with Crippen molar-refractivity contribution >= 4 is 18.0 Å². The third kappa shape index (κ3) is 4.94. The summed E-state index contributed by atoms with van der Waals surface area (Å²) in [6.45, 7) is 1.76. The molecule has 1 atom stereocenters. The van der Waals surface area contributed by atoms with Gasteiger partial charge in [0.15, 0.2) is 0 Å². The maximum atomic E-state index is 12.7. The smallest absolute Gasteiger partial charge is 0.416 e. The monoisotopic (exact) mass is 367 g/mol. The molecule has 140 valence electrons. The van der Waals surface area contributed by atoms with Crippen LogP contribution >= 0.6 is 0 Å². The van der Waals surface area contributed by atoms with Gasteiger partial charge in [-0.3, -0.25) is 9.59 Å². The van der Waals surface area contributed by atoms with E-state index in [-0.39, 0.29) is 37.6 Å². The summed E-state index contributed by atoms with van der Waals surface area (Å²) >= 11 is 0. The number of imide groups is 1. The molecule has 1 fully saturated rings. The lowest BCUT2D eigenvalue weighted by atomic mass is 10.0.